The topological polar surface area (TPSA) is 38.7 Å². The van der Waals surface area contributed by atoms with Gasteiger partial charge in [0.15, 0.2) is 5.82 Å². The molecule has 258 valence electrons. The number of aromatic nitrogens is 3. The van der Waals surface area contributed by atoms with Crippen molar-refractivity contribution in [1.82, 2.24) is 15.0 Å². The molecule has 3 aliphatic carbocycles. The zero-order valence-corrected chi connectivity index (χ0v) is 30.0. The summed E-state index contributed by atoms with van der Waals surface area (Å²) in [5, 5.41) is 0. The van der Waals surface area contributed by atoms with Gasteiger partial charge < -0.3 is 0 Å². The molecule has 2 heterocycles. The number of benzene rings is 5. The standard InChI is InChI=1S/C51H39N3/c1-2-11-34(12-3-1)35-22-24-36(25-23-35)49-32-50(40-15-8-14-38(29-40)42-17-10-28-52-33-42)54-51(53-49)41-16-9-13-37(30-41)39-26-27-47-45-20-5-4-18-43(45)44-19-6-7-21-46(44)48(47)31-39/h1-6,8-14,16-20,22-33,40,44,46H,7,15,21H2. The Morgan fingerprint density at radius 3 is 2.17 bits per heavy atom. The summed E-state index contributed by atoms with van der Waals surface area (Å²) in [5.41, 5.74) is 16.8. The molecule has 0 saturated carbocycles. The molecule has 0 saturated heterocycles. The van der Waals surface area contributed by atoms with E-state index in [-0.39, 0.29) is 5.92 Å². The molecule has 0 aliphatic heterocycles. The molecule has 0 bridgehead atoms. The van der Waals surface area contributed by atoms with Crippen LogP contribution in [-0.2, 0) is 0 Å². The van der Waals surface area contributed by atoms with Crippen molar-refractivity contribution in [2.45, 2.75) is 37.0 Å². The van der Waals surface area contributed by atoms with E-state index in [1.807, 2.05) is 18.5 Å². The largest absolute Gasteiger partial charge is 0.264 e. The van der Waals surface area contributed by atoms with Crippen LogP contribution in [0.4, 0.5) is 0 Å². The summed E-state index contributed by atoms with van der Waals surface area (Å²) in [7, 11) is 0. The zero-order valence-electron chi connectivity index (χ0n) is 30.0. The maximum atomic E-state index is 5.32. The summed E-state index contributed by atoms with van der Waals surface area (Å²) in [4.78, 5) is 15.0. The van der Waals surface area contributed by atoms with E-state index < -0.39 is 0 Å². The van der Waals surface area contributed by atoms with Gasteiger partial charge in [0.2, 0.25) is 0 Å². The van der Waals surface area contributed by atoms with Crippen LogP contribution in [0.5, 0.6) is 0 Å². The van der Waals surface area contributed by atoms with E-state index in [1.165, 1.54) is 56.5 Å². The normalized spacial score (nSPS) is 18.3. The van der Waals surface area contributed by atoms with Crippen molar-refractivity contribution in [3.05, 3.63) is 205 Å². The Morgan fingerprint density at radius 1 is 0.537 bits per heavy atom. The molecule has 0 spiro atoms. The van der Waals surface area contributed by atoms with Gasteiger partial charge in [-0.3, -0.25) is 4.98 Å². The summed E-state index contributed by atoms with van der Waals surface area (Å²) in [6.07, 6.45) is 18.5. The highest BCUT2D eigenvalue weighted by Crippen LogP contribution is 2.51. The van der Waals surface area contributed by atoms with Crippen LogP contribution in [0.25, 0.3) is 61.6 Å². The number of allylic oxidation sites excluding steroid dienone is 6. The van der Waals surface area contributed by atoms with Crippen LogP contribution in [0, 0.1) is 0 Å². The highest BCUT2D eigenvalue weighted by atomic mass is 14.9. The third kappa shape index (κ3) is 6.02. The number of pyridine rings is 1. The first-order valence-corrected chi connectivity index (χ1v) is 19.1. The van der Waals surface area contributed by atoms with Gasteiger partial charge in [0, 0.05) is 35.4 Å². The van der Waals surface area contributed by atoms with Gasteiger partial charge >= 0.3 is 0 Å². The van der Waals surface area contributed by atoms with Gasteiger partial charge in [-0.2, -0.15) is 0 Å². The average Bonchev–Trinajstić information content (AvgIpc) is 3.27. The van der Waals surface area contributed by atoms with Crippen molar-refractivity contribution in [2.24, 2.45) is 0 Å². The number of fused-ring (bicyclic) bond motifs is 6. The van der Waals surface area contributed by atoms with Crippen LogP contribution in [0.3, 0.4) is 0 Å². The minimum Gasteiger partial charge on any atom is -0.264 e. The van der Waals surface area contributed by atoms with Crippen LogP contribution in [0.1, 0.15) is 59.4 Å². The average molecular weight is 694 g/mol. The number of nitrogens with zero attached hydrogens (tertiary/aromatic N) is 3. The van der Waals surface area contributed by atoms with Crippen LogP contribution >= 0.6 is 0 Å². The second-order valence-corrected chi connectivity index (χ2v) is 14.7. The van der Waals surface area contributed by atoms with E-state index in [9.17, 15) is 0 Å². The van der Waals surface area contributed by atoms with E-state index in [4.69, 9.17) is 9.97 Å². The Balaban J connectivity index is 1.06. The molecule has 3 aliphatic rings. The molecule has 0 fully saturated rings. The predicted octanol–water partition coefficient (Wildman–Crippen LogP) is 12.9. The molecular formula is C51H39N3. The number of hydrogen-bond acceptors (Lipinski definition) is 3. The first kappa shape index (κ1) is 32.2. The van der Waals surface area contributed by atoms with E-state index in [1.54, 1.807) is 0 Å². The third-order valence-corrected chi connectivity index (χ3v) is 11.4. The van der Waals surface area contributed by atoms with Gasteiger partial charge in [0.05, 0.1) is 11.4 Å². The van der Waals surface area contributed by atoms with Crippen LogP contribution in [0.2, 0.25) is 0 Å². The molecule has 5 aromatic carbocycles. The van der Waals surface area contributed by atoms with E-state index in [0.29, 0.717) is 11.8 Å². The minimum absolute atomic E-state index is 0.110. The van der Waals surface area contributed by atoms with Crippen LogP contribution in [-0.4, -0.2) is 15.0 Å². The second kappa shape index (κ2) is 13.8. The van der Waals surface area contributed by atoms with Crippen molar-refractivity contribution < 1.29 is 0 Å². The Hall–Kier alpha value is -6.45. The first-order valence-electron chi connectivity index (χ1n) is 19.1. The highest BCUT2D eigenvalue weighted by molar-refractivity contribution is 5.81. The van der Waals surface area contributed by atoms with Crippen LogP contribution in [0.15, 0.2) is 182 Å². The molecule has 10 rings (SSSR count). The number of rotatable bonds is 6. The van der Waals surface area contributed by atoms with E-state index in [2.05, 4.69) is 169 Å². The Morgan fingerprint density at radius 2 is 1.28 bits per heavy atom. The molecule has 0 radical (unpaired) electrons. The first-order chi connectivity index (χ1) is 26.7. The molecule has 3 atom stereocenters. The lowest BCUT2D eigenvalue weighted by atomic mass is 9.67. The minimum atomic E-state index is 0.110. The van der Waals surface area contributed by atoms with Crippen molar-refractivity contribution in [2.75, 3.05) is 0 Å². The van der Waals surface area contributed by atoms with Gasteiger partial charge in [-0.15, -0.1) is 0 Å². The lowest BCUT2D eigenvalue weighted by Crippen LogP contribution is -2.18. The molecular weight excluding hydrogens is 655 g/mol. The summed E-state index contributed by atoms with van der Waals surface area (Å²) >= 11 is 0. The molecule has 3 heteroatoms. The molecule has 2 aromatic heterocycles. The van der Waals surface area contributed by atoms with Crippen molar-refractivity contribution in [3.63, 3.8) is 0 Å². The van der Waals surface area contributed by atoms with Crippen molar-refractivity contribution in [1.29, 1.82) is 0 Å². The molecule has 7 aromatic rings. The SMILES string of the molecule is C1=CC2c3ccccc3-c3ccc(-c4cccc(-c5nc(-c6ccc(-c7ccccc7)cc6)cc(C6C=C(c7cccnc7)C=CC6)n5)c4)cc3C2CC1. The van der Waals surface area contributed by atoms with Gasteiger partial charge in [0.25, 0.3) is 0 Å². The van der Waals surface area contributed by atoms with Gasteiger partial charge in [-0.05, 0) is 99.0 Å². The Kier molecular flexibility index (Phi) is 8.26. The van der Waals surface area contributed by atoms with Gasteiger partial charge in [-0.25, -0.2) is 9.97 Å². The molecule has 3 nitrogen and oxygen atoms in total. The summed E-state index contributed by atoms with van der Waals surface area (Å²) in [5.74, 6) is 1.78. The van der Waals surface area contributed by atoms with E-state index in [0.717, 1.165) is 46.7 Å². The number of hydrogen-bond donors (Lipinski definition) is 0. The quantitative estimate of drug-likeness (QED) is 0.163. The third-order valence-electron chi connectivity index (χ3n) is 11.4. The lowest BCUT2D eigenvalue weighted by molar-refractivity contribution is 0.547. The molecule has 3 unspecified atom stereocenters. The Bertz CT molecular complexity index is 2580. The van der Waals surface area contributed by atoms with E-state index >= 15 is 0 Å². The predicted molar refractivity (Wildman–Crippen MR) is 222 cm³/mol. The molecule has 54 heavy (non-hydrogen) atoms. The lowest BCUT2D eigenvalue weighted by Gasteiger charge is -2.36. The van der Waals surface area contributed by atoms with Crippen LogP contribution < -0.4 is 0 Å². The summed E-state index contributed by atoms with van der Waals surface area (Å²) in [6.45, 7) is 0. The van der Waals surface area contributed by atoms with Crippen molar-refractivity contribution in [3.8, 4) is 56.0 Å². The fourth-order valence-corrected chi connectivity index (χ4v) is 8.68. The summed E-state index contributed by atoms with van der Waals surface area (Å²) < 4.78 is 0. The van der Waals surface area contributed by atoms with Gasteiger partial charge in [0.1, 0.15) is 0 Å². The Labute approximate surface area is 317 Å². The fourth-order valence-electron chi connectivity index (χ4n) is 8.68. The molecule has 0 amide bonds. The maximum Gasteiger partial charge on any atom is 0.160 e. The second-order valence-electron chi connectivity index (χ2n) is 14.7. The zero-order chi connectivity index (χ0) is 35.8. The fraction of sp³-hybridized carbons (Fsp3) is 0.118. The smallest absolute Gasteiger partial charge is 0.160 e. The van der Waals surface area contributed by atoms with Crippen molar-refractivity contribution >= 4 is 5.57 Å². The monoisotopic (exact) mass is 693 g/mol. The summed E-state index contributed by atoms with van der Waals surface area (Å²) in [6, 6.07) is 50.4. The van der Waals surface area contributed by atoms with Gasteiger partial charge in [-0.1, -0.05) is 152 Å². The molecule has 0 N–H and O–H groups in total. The highest BCUT2D eigenvalue weighted by Gasteiger charge is 2.33. The maximum absolute atomic E-state index is 5.32.